The Hall–Kier alpha value is -1.37. The maximum Gasteiger partial charge on any atom is 0.264 e. The largest absolute Gasteiger partial charge is 0.366 e. The topological polar surface area (TPSA) is 52.6 Å². The van der Waals surface area contributed by atoms with Crippen LogP contribution in [0.3, 0.4) is 0 Å². The molecule has 2 aromatic carbocycles. The highest BCUT2D eigenvalue weighted by molar-refractivity contribution is 7.86. The van der Waals surface area contributed by atoms with Gasteiger partial charge in [-0.25, -0.2) is 0 Å². The van der Waals surface area contributed by atoms with Crippen molar-refractivity contribution < 1.29 is 17.3 Å². The van der Waals surface area contributed by atoms with Crippen LogP contribution < -0.4 is 0 Å². The summed E-state index contributed by atoms with van der Waals surface area (Å²) in [6.45, 7) is 0.193. The fourth-order valence-electron chi connectivity index (χ4n) is 2.90. The van der Waals surface area contributed by atoms with Gasteiger partial charge in [-0.1, -0.05) is 53.5 Å². The lowest BCUT2D eigenvalue weighted by Crippen LogP contribution is -2.31. The van der Waals surface area contributed by atoms with E-state index in [0.29, 0.717) is 16.5 Å². The van der Waals surface area contributed by atoms with Gasteiger partial charge in [0.05, 0.1) is 12.9 Å². The summed E-state index contributed by atoms with van der Waals surface area (Å²) in [5.74, 6) is 0. The van der Waals surface area contributed by atoms with Gasteiger partial charge in [-0.15, -0.1) is 0 Å². The van der Waals surface area contributed by atoms with Crippen LogP contribution in [0.1, 0.15) is 23.7 Å². The molecule has 0 N–H and O–H groups in total. The number of ether oxygens (including phenoxy) is 1. The molecule has 26 heavy (non-hydrogen) atoms. The molecule has 0 radical (unpaired) electrons. The summed E-state index contributed by atoms with van der Waals surface area (Å²) in [5.41, 5.74) is 2.83. The van der Waals surface area contributed by atoms with Crippen molar-refractivity contribution in [3.05, 3.63) is 75.3 Å². The number of rotatable bonds is 4. The molecule has 0 unspecified atom stereocenters. The molecule has 2 atom stereocenters. The number of hydrogen-bond donors (Lipinski definition) is 0. The third-order valence-electron chi connectivity index (χ3n) is 3.95. The average molecular weight is 413 g/mol. The molecular formula is C19H18Cl2O4S. The lowest BCUT2D eigenvalue weighted by molar-refractivity contribution is -0.0116. The highest BCUT2D eigenvalue weighted by Crippen LogP contribution is 2.36. The van der Waals surface area contributed by atoms with E-state index in [1.165, 1.54) is 0 Å². The van der Waals surface area contributed by atoms with Gasteiger partial charge in [-0.3, -0.25) is 4.18 Å². The Morgan fingerprint density at radius 2 is 1.62 bits per heavy atom. The standard InChI is InChI=1S/C19H18Cl2O4S/c1-26(22,23)25-18-11-15(10-13-2-6-16(20)7-3-13)19(24-12-18)14-4-8-17(21)9-5-14/h2-10,18-19H,11-12H2,1H3/b15-10-/t18-,19+/m0/s1. The van der Waals surface area contributed by atoms with Crippen LogP contribution in [0.25, 0.3) is 6.08 Å². The Balaban J connectivity index is 1.92. The molecule has 0 aliphatic carbocycles. The van der Waals surface area contributed by atoms with Crippen molar-refractivity contribution in [2.75, 3.05) is 12.9 Å². The maximum absolute atomic E-state index is 11.5. The Morgan fingerprint density at radius 3 is 2.19 bits per heavy atom. The number of benzene rings is 2. The van der Waals surface area contributed by atoms with Gasteiger partial charge < -0.3 is 4.74 Å². The fourth-order valence-corrected chi connectivity index (χ4v) is 3.77. The van der Waals surface area contributed by atoms with Gasteiger partial charge in [0.15, 0.2) is 0 Å². The first-order chi connectivity index (χ1) is 12.3. The Kier molecular flexibility index (Phi) is 6.05. The Bertz CT molecular complexity index is 890. The molecule has 0 amide bonds. The van der Waals surface area contributed by atoms with Crippen LogP contribution >= 0.6 is 23.2 Å². The molecular weight excluding hydrogens is 395 g/mol. The minimum atomic E-state index is -3.56. The second kappa shape index (κ2) is 8.11. The van der Waals surface area contributed by atoms with Crippen LogP contribution in [0.5, 0.6) is 0 Å². The van der Waals surface area contributed by atoms with Gasteiger partial charge >= 0.3 is 0 Å². The van der Waals surface area contributed by atoms with Crippen molar-refractivity contribution in [2.45, 2.75) is 18.6 Å². The van der Waals surface area contributed by atoms with Crippen molar-refractivity contribution in [3.63, 3.8) is 0 Å². The van der Waals surface area contributed by atoms with E-state index in [0.717, 1.165) is 23.0 Å². The molecule has 1 aliphatic heterocycles. The molecule has 1 fully saturated rings. The summed E-state index contributed by atoms with van der Waals surface area (Å²) in [4.78, 5) is 0. The summed E-state index contributed by atoms with van der Waals surface area (Å²) >= 11 is 11.9. The lowest BCUT2D eigenvalue weighted by Gasteiger charge is -2.31. The monoisotopic (exact) mass is 412 g/mol. The first-order valence-electron chi connectivity index (χ1n) is 8.01. The number of halogens is 2. The predicted molar refractivity (Wildman–Crippen MR) is 104 cm³/mol. The third-order valence-corrected chi connectivity index (χ3v) is 5.08. The van der Waals surface area contributed by atoms with Crippen LogP contribution in [0.2, 0.25) is 10.0 Å². The zero-order valence-corrected chi connectivity index (χ0v) is 16.4. The van der Waals surface area contributed by atoms with Gasteiger partial charge in [0, 0.05) is 16.5 Å². The highest BCUT2D eigenvalue weighted by atomic mass is 35.5. The lowest BCUT2D eigenvalue weighted by atomic mass is 9.92. The van der Waals surface area contributed by atoms with Crippen LogP contribution in [0.15, 0.2) is 54.1 Å². The molecule has 0 spiro atoms. The minimum Gasteiger partial charge on any atom is -0.366 e. The minimum absolute atomic E-state index is 0.193. The maximum atomic E-state index is 11.5. The zero-order valence-electron chi connectivity index (χ0n) is 14.1. The summed E-state index contributed by atoms with van der Waals surface area (Å²) in [5, 5.41) is 1.30. The Labute approximate surface area is 163 Å². The zero-order chi connectivity index (χ0) is 18.7. The molecule has 4 nitrogen and oxygen atoms in total. The van der Waals surface area contributed by atoms with E-state index in [1.807, 2.05) is 30.3 Å². The molecule has 0 bridgehead atoms. The van der Waals surface area contributed by atoms with Gasteiger partial charge in [-0.2, -0.15) is 8.42 Å². The van der Waals surface area contributed by atoms with Crippen molar-refractivity contribution in [3.8, 4) is 0 Å². The van der Waals surface area contributed by atoms with E-state index in [2.05, 4.69) is 0 Å². The molecule has 0 saturated carbocycles. The van der Waals surface area contributed by atoms with E-state index < -0.39 is 16.2 Å². The van der Waals surface area contributed by atoms with Crippen LogP contribution in [-0.2, 0) is 19.0 Å². The van der Waals surface area contributed by atoms with Crippen LogP contribution in [-0.4, -0.2) is 27.4 Å². The molecule has 2 aromatic rings. The molecule has 1 aliphatic rings. The molecule has 1 heterocycles. The predicted octanol–water partition coefficient (Wildman–Crippen LogP) is 4.88. The van der Waals surface area contributed by atoms with Crippen LogP contribution in [0.4, 0.5) is 0 Å². The van der Waals surface area contributed by atoms with E-state index in [-0.39, 0.29) is 12.7 Å². The summed E-state index contributed by atoms with van der Waals surface area (Å²) < 4.78 is 34.0. The smallest absolute Gasteiger partial charge is 0.264 e. The normalized spacial score (nSPS) is 22.5. The van der Waals surface area contributed by atoms with Crippen molar-refractivity contribution in [1.29, 1.82) is 0 Å². The summed E-state index contributed by atoms with van der Waals surface area (Å²) in [7, 11) is -3.56. The second-order valence-corrected chi connectivity index (χ2v) is 8.64. The first kappa shape index (κ1) is 19.4. The molecule has 0 aromatic heterocycles. The highest BCUT2D eigenvalue weighted by Gasteiger charge is 2.30. The van der Waals surface area contributed by atoms with Crippen molar-refractivity contribution >= 4 is 39.4 Å². The Morgan fingerprint density at radius 1 is 1.04 bits per heavy atom. The van der Waals surface area contributed by atoms with Gasteiger partial charge in [0.1, 0.15) is 12.2 Å². The molecule has 138 valence electrons. The quantitative estimate of drug-likeness (QED) is 0.671. The van der Waals surface area contributed by atoms with E-state index in [9.17, 15) is 8.42 Å². The van der Waals surface area contributed by atoms with E-state index >= 15 is 0 Å². The second-order valence-electron chi connectivity index (χ2n) is 6.16. The molecule has 3 rings (SSSR count). The summed E-state index contributed by atoms with van der Waals surface area (Å²) in [6.07, 6.45) is 2.63. The summed E-state index contributed by atoms with van der Waals surface area (Å²) in [6, 6.07) is 14.8. The first-order valence-corrected chi connectivity index (χ1v) is 10.6. The van der Waals surface area contributed by atoms with E-state index in [1.54, 1.807) is 24.3 Å². The van der Waals surface area contributed by atoms with Crippen molar-refractivity contribution in [1.82, 2.24) is 0 Å². The van der Waals surface area contributed by atoms with Crippen molar-refractivity contribution in [2.24, 2.45) is 0 Å². The molecule has 1 saturated heterocycles. The molecule has 7 heteroatoms. The van der Waals surface area contributed by atoms with Gasteiger partial charge in [0.25, 0.3) is 10.1 Å². The SMILES string of the molecule is CS(=O)(=O)O[C@@H]1CO[C@H](c2ccc(Cl)cc2)/C(=C\c2ccc(Cl)cc2)C1. The average Bonchev–Trinajstić information content (AvgIpc) is 2.57. The fraction of sp³-hybridized carbons (Fsp3) is 0.263. The van der Waals surface area contributed by atoms with Gasteiger partial charge in [-0.05, 0) is 41.0 Å². The number of hydrogen-bond acceptors (Lipinski definition) is 4. The van der Waals surface area contributed by atoms with Crippen LogP contribution in [0, 0.1) is 0 Å². The van der Waals surface area contributed by atoms with Gasteiger partial charge in [0.2, 0.25) is 0 Å². The van der Waals surface area contributed by atoms with E-state index in [4.69, 9.17) is 32.1 Å². The third kappa shape index (κ3) is 5.32.